The van der Waals surface area contributed by atoms with Crippen molar-refractivity contribution < 1.29 is 27.5 Å². The van der Waals surface area contributed by atoms with Crippen LogP contribution in [0, 0.1) is 0 Å². The van der Waals surface area contributed by atoms with Crippen molar-refractivity contribution in [1.82, 2.24) is 4.57 Å². The molecule has 1 N–H and O–H groups in total. The summed E-state index contributed by atoms with van der Waals surface area (Å²) in [6.07, 6.45) is 0. The summed E-state index contributed by atoms with van der Waals surface area (Å²) in [6, 6.07) is 8.01. The summed E-state index contributed by atoms with van der Waals surface area (Å²) < 4.78 is 39.2. The predicted octanol–water partition coefficient (Wildman–Crippen LogP) is 1.97. The van der Waals surface area contributed by atoms with Gasteiger partial charge in [0, 0.05) is 7.05 Å². The molecular formula is C18H16N2O7S2. The molecule has 0 amide bonds. The largest absolute Gasteiger partial charge is 0.465 e. The molecule has 3 rings (SSSR count). The Morgan fingerprint density at radius 1 is 1.00 bits per heavy atom. The second-order valence-corrected chi connectivity index (χ2v) is 8.62. The van der Waals surface area contributed by atoms with Gasteiger partial charge in [0.15, 0.2) is 0 Å². The summed E-state index contributed by atoms with van der Waals surface area (Å²) in [7, 11) is -0.140. The first-order valence-electron chi connectivity index (χ1n) is 8.10. The van der Waals surface area contributed by atoms with Crippen LogP contribution in [0.15, 0.2) is 46.1 Å². The summed E-state index contributed by atoms with van der Waals surface area (Å²) in [5, 5.41) is 0. The van der Waals surface area contributed by atoms with Gasteiger partial charge in [-0.25, -0.2) is 18.0 Å². The lowest BCUT2D eigenvalue weighted by molar-refractivity contribution is 0.0599. The van der Waals surface area contributed by atoms with Gasteiger partial charge in [-0.05, 0) is 36.4 Å². The van der Waals surface area contributed by atoms with Crippen LogP contribution in [0.4, 0.5) is 5.69 Å². The zero-order chi connectivity index (χ0) is 21.3. The molecule has 0 fully saturated rings. The van der Waals surface area contributed by atoms with Crippen LogP contribution in [-0.4, -0.2) is 39.1 Å². The average molecular weight is 436 g/mol. The number of rotatable bonds is 5. The van der Waals surface area contributed by atoms with E-state index in [0.717, 1.165) is 25.6 Å². The lowest BCUT2D eigenvalue weighted by Crippen LogP contribution is -2.15. The Morgan fingerprint density at radius 3 is 2.14 bits per heavy atom. The normalized spacial score (nSPS) is 11.3. The van der Waals surface area contributed by atoms with Crippen molar-refractivity contribution in [2.45, 2.75) is 4.90 Å². The molecule has 0 spiro atoms. The monoisotopic (exact) mass is 436 g/mol. The van der Waals surface area contributed by atoms with E-state index in [0.29, 0.717) is 10.2 Å². The van der Waals surface area contributed by atoms with E-state index in [-0.39, 0.29) is 26.6 Å². The van der Waals surface area contributed by atoms with Gasteiger partial charge in [0.05, 0.1) is 46.1 Å². The molecule has 0 aliphatic rings. The maximum absolute atomic E-state index is 12.8. The second-order valence-electron chi connectivity index (χ2n) is 5.94. The molecule has 0 saturated heterocycles. The van der Waals surface area contributed by atoms with Crippen molar-refractivity contribution in [2.75, 3.05) is 18.9 Å². The van der Waals surface area contributed by atoms with Gasteiger partial charge in [-0.1, -0.05) is 11.3 Å². The third-order valence-electron chi connectivity index (χ3n) is 4.10. The molecule has 1 heterocycles. The van der Waals surface area contributed by atoms with E-state index in [1.807, 2.05) is 0 Å². The predicted molar refractivity (Wildman–Crippen MR) is 107 cm³/mol. The van der Waals surface area contributed by atoms with E-state index in [1.54, 1.807) is 7.05 Å². The van der Waals surface area contributed by atoms with Crippen LogP contribution < -0.4 is 9.60 Å². The van der Waals surface area contributed by atoms with E-state index in [2.05, 4.69) is 14.2 Å². The fourth-order valence-electron chi connectivity index (χ4n) is 2.65. The number of aryl methyl sites for hydroxylation is 1. The van der Waals surface area contributed by atoms with Gasteiger partial charge in [0.25, 0.3) is 10.0 Å². The third kappa shape index (κ3) is 4.00. The smallest absolute Gasteiger partial charge is 0.337 e. The molecule has 0 aliphatic heterocycles. The number of thiazole rings is 1. The highest BCUT2D eigenvalue weighted by Crippen LogP contribution is 2.24. The van der Waals surface area contributed by atoms with E-state index in [1.165, 1.54) is 41.0 Å². The first-order valence-corrected chi connectivity index (χ1v) is 10.4. The highest BCUT2D eigenvalue weighted by molar-refractivity contribution is 7.92. The van der Waals surface area contributed by atoms with Gasteiger partial charge in [0.1, 0.15) is 0 Å². The second kappa shape index (κ2) is 7.68. The minimum Gasteiger partial charge on any atom is -0.465 e. The number of anilines is 1. The zero-order valence-electron chi connectivity index (χ0n) is 15.6. The first-order chi connectivity index (χ1) is 13.7. The summed E-state index contributed by atoms with van der Waals surface area (Å²) >= 11 is 0.927. The van der Waals surface area contributed by atoms with E-state index in [9.17, 15) is 22.8 Å². The molecule has 0 aliphatic carbocycles. The van der Waals surface area contributed by atoms with Crippen molar-refractivity contribution in [1.29, 1.82) is 0 Å². The summed E-state index contributed by atoms with van der Waals surface area (Å²) in [5.74, 6) is -1.49. The average Bonchev–Trinajstić information content (AvgIpc) is 2.99. The van der Waals surface area contributed by atoms with Crippen molar-refractivity contribution in [3.05, 3.63) is 57.2 Å². The highest BCUT2D eigenvalue weighted by atomic mass is 32.2. The van der Waals surface area contributed by atoms with E-state index >= 15 is 0 Å². The number of benzene rings is 2. The highest BCUT2D eigenvalue weighted by Gasteiger charge is 2.20. The number of nitrogens with zero attached hydrogens (tertiary/aromatic N) is 1. The number of sulfonamides is 1. The topological polar surface area (TPSA) is 121 Å². The minimum atomic E-state index is -4.07. The number of carbonyl (C=O) groups excluding carboxylic acids is 2. The Labute approximate surface area is 169 Å². The Kier molecular flexibility index (Phi) is 5.44. The summed E-state index contributed by atoms with van der Waals surface area (Å²) in [5.41, 5.74) is 0.545. The minimum absolute atomic E-state index is 0.0188. The number of esters is 2. The Morgan fingerprint density at radius 2 is 1.59 bits per heavy atom. The van der Waals surface area contributed by atoms with Gasteiger partial charge in [0.2, 0.25) is 0 Å². The molecule has 11 heteroatoms. The van der Waals surface area contributed by atoms with Crippen LogP contribution in [-0.2, 0) is 26.5 Å². The quantitative estimate of drug-likeness (QED) is 0.607. The summed E-state index contributed by atoms with van der Waals surface area (Å²) in [6.45, 7) is 0. The van der Waals surface area contributed by atoms with Gasteiger partial charge in [-0.3, -0.25) is 9.52 Å². The van der Waals surface area contributed by atoms with Crippen molar-refractivity contribution in [3.63, 3.8) is 0 Å². The van der Waals surface area contributed by atoms with Crippen LogP contribution in [0.5, 0.6) is 0 Å². The molecule has 152 valence electrons. The Bertz CT molecular complexity index is 1260. The van der Waals surface area contributed by atoms with Crippen LogP contribution in [0.1, 0.15) is 20.7 Å². The molecule has 9 nitrogen and oxygen atoms in total. The van der Waals surface area contributed by atoms with E-state index < -0.39 is 22.0 Å². The molecule has 0 bridgehead atoms. The molecule has 1 aromatic heterocycles. The molecule has 0 atom stereocenters. The SMILES string of the molecule is COC(=O)c1cc(NS(=O)(=O)c2ccc3c(c2)sc(=O)n3C)cc(C(=O)OC)c1. The Hall–Kier alpha value is -3.18. The van der Waals surface area contributed by atoms with Crippen LogP contribution in [0.3, 0.4) is 0 Å². The number of hydrogen-bond acceptors (Lipinski definition) is 8. The van der Waals surface area contributed by atoms with E-state index in [4.69, 9.17) is 0 Å². The number of carbonyl (C=O) groups is 2. The fourth-order valence-corrected chi connectivity index (χ4v) is 4.71. The standard InChI is InChI=1S/C18H16N2O7S2/c1-20-14-5-4-13(9-15(14)28-18(20)23)29(24,25)19-12-7-10(16(21)26-2)6-11(8-12)17(22)27-3/h4-9,19H,1-3H3. The first kappa shape index (κ1) is 20.6. The molecule has 2 aromatic carbocycles. The van der Waals surface area contributed by atoms with Crippen molar-refractivity contribution >= 4 is 49.2 Å². The van der Waals surface area contributed by atoms with Gasteiger partial charge in [-0.2, -0.15) is 0 Å². The number of ether oxygens (including phenoxy) is 2. The molecule has 0 radical (unpaired) electrons. The number of methoxy groups -OCH3 is 2. The van der Waals surface area contributed by atoms with Crippen LogP contribution in [0.25, 0.3) is 10.2 Å². The number of nitrogens with one attached hydrogen (secondary N) is 1. The number of aromatic nitrogens is 1. The lowest BCUT2D eigenvalue weighted by atomic mass is 10.1. The zero-order valence-corrected chi connectivity index (χ0v) is 17.2. The van der Waals surface area contributed by atoms with Crippen LogP contribution in [0.2, 0.25) is 0 Å². The van der Waals surface area contributed by atoms with Crippen LogP contribution >= 0.6 is 11.3 Å². The third-order valence-corrected chi connectivity index (χ3v) is 6.48. The molecular weight excluding hydrogens is 420 g/mol. The summed E-state index contributed by atoms with van der Waals surface area (Å²) in [4.78, 5) is 35.2. The molecule has 0 unspecified atom stereocenters. The molecule has 3 aromatic rings. The fraction of sp³-hybridized carbons (Fsp3) is 0.167. The number of hydrogen-bond donors (Lipinski definition) is 1. The van der Waals surface area contributed by atoms with Crippen molar-refractivity contribution in [2.24, 2.45) is 7.05 Å². The van der Waals surface area contributed by atoms with Gasteiger partial charge >= 0.3 is 16.8 Å². The van der Waals surface area contributed by atoms with Gasteiger partial charge in [-0.15, -0.1) is 0 Å². The number of fused-ring (bicyclic) bond motifs is 1. The molecule has 29 heavy (non-hydrogen) atoms. The maximum Gasteiger partial charge on any atom is 0.337 e. The maximum atomic E-state index is 12.8. The Balaban J connectivity index is 2.04. The van der Waals surface area contributed by atoms with Crippen molar-refractivity contribution in [3.8, 4) is 0 Å². The lowest BCUT2D eigenvalue weighted by Gasteiger charge is -2.11. The molecule has 0 saturated carbocycles. The van der Waals surface area contributed by atoms with Gasteiger partial charge < -0.3 is 14.0 Å².